The van der Waals surface area contributed by atoms with E-state index >= 15 is 0 Å². The summed E-state index contributed by atoms with van der Waals surface area (Å²) in [4.78, 5) is 11.7. The molecule has 2 aliphatic carbocycles. The van der Waals surface area contributed by atoms with Gasteiger partial charge in [-0.2, -0.15) is 0 Å². The number of carbonyl (C=O) groups is 1. The van der Waals surface area contributed by atoms with Crippen molar-refractivity contribution in [1.29, 1.82) is 0 Å². The van der Waals surface area contributed by atoms with Crippen LogP contribution in [0.15, 0.2) is 0 Å². The highest BCUT2D eigenvalue weighted by molar-refractivity contribution is 5.85. The maximum absolute atomic E-state index is 11.7. The predicted molar refractivity (Wildman–Crippen MR) is 69.2 cm³/mol. The number of halogens is 1. The Hall–Kier alpha value is -0.320. The number of nitrogens with two attached hydrogens (primary N) is 1. The highest BCUT2D eigenvalue weighted by atomic mass is 35.5. The maximum atomic E-state index is 11.7. The van der Waals surface area contributed by atoms with E-state index in [4.69, 9.17) is 10.5 Å². The molecule has 0 aromatic carbocycles. The van der Waals surface area contributed by atoms with E-state index in [0.717, 1.165) is 19.4 Å². The molecule has 0 spiro atoms. The Kier molecular flexibility index (Phi) is 5.70. The van der Waals surface area contributed by atoms with Crippen LogP contribution in [0, 0.1) is 5.92 Å². The highest BCUT2D eigenvalue weighted by Gasteiger charge is 2.33. The summed E-state index contributed by atoms with van der Waals surface area (Å²) in [5, 5.41) is 3.05. The maximum Gasteiger partial charge on any atom is 0.246 e. The van der Waals surface area contributed by atoms with Gasteiger partial charge in [-0.1, -0.05) is 12.8 Å². The van der Waals surface area contributed by atoms with Crippen molar-refractivity contribution in [2.24, 2.45) is 11.7 Å². The smallest absolute Gasteiger partial charge is 0.246 e. The molecule has 0 atom stereocenters. The summed E-state index contributed by atoms with van der Waals surface area (Å²) in [7, 11) is 0. The highest BCUT2D eigenvalue weighted by Crippen LogP contribution is 2.29. The number of carbonyl (C=O) groups excluding carboxylic acids is 1. The van der Waals surface area contributed by atoms with Crippen molar-refractivity contribution in [3.05, 3.63) is 0 Å². The number of nitrogens with one attached hydrogen (secondary N) is 1. The second-order valence-electron chi connectivity index (χ2n) is 5.20. The zero-order valence-electron chi connectivity index (χ0n) is 10.2. The molecule has 2 rings (SSSR count). The molecule has 0 radical (unpaired) electrons. The van der Waals surface area contributed by atoms with Crippen molar-refractivity contribution in [3.8, 4) is 0 Å². The quantitative estimate of drug-likeness (QED) is 0.757. The van der Waals surface area contributed by atoms with E-state index in [0.29, 0.717) is 12.5 Å². The first-order chi connectivity index (χ1) is 7.74. The zero-order valence-corrected chi connectivity index (χ0v) is 11.1. The fourth-order valence-corrected chi connectivity index (χ4v) is 2.37. The third-order valence-electron chi connectivity index (χ3n) is 3.64. The summed E-state index contributed by atoms with van der Waals surface area (Å²) in [6.45, 7) is 1.47. The first-order valence-corrected chi connectivity index (χ1v) is 6.33. The first-order valence-electron chi connectivity index (χ1n) is 6.33. The Labute approximate surface area is 109 Å². The average molecular weight is 263 g/mol. The van der Waals surface area contributed by atoms with Crippen LogP contribution in [-0.4, -0.2) is 31.2 Å². The lowest BCUT2D eigenvalue weighted by molar-refractivity contribution is -0.127. The molecule has 0 bridgehead atoms. The fourth-order valence-electron chi connectivity index (χ4n) is 2.37. The Bertz CT molecular complexity index is 251. The summed E-state index contributed by atoms with van der Waals surface area (Å²) in [6, 6.07) is 0. The van der Waals surface area contributed by atoms with Crippen molar-refractivity contribution in [3.63, 3.8) is 0 Å². The number of rotatable bonds is 6. The molecule has 0 heterocycles. The molecule has 100 valence electrons. The van der Waals surface area contributed by atoms with E-state index < -0.39 is 0 Å². The SMILES string of the molecule is Cl.NCC1(NC(=O)COCC2CC2)CCCC1. The van der Waals surface area contributed by atoms with Gasteiger partial charge in [0, 0.05) is 6.54 Å². The second kappa shape index (κ2) is 6.57. The van der Waals surface area contributed by atoms with E-state index in [1.54, 1.807) is 0 Å². The van der Waals surface area contributed by atoms with Gasteiger partial charge in [-0.05, 0) is 31.6 Å². The van der Waals surface area contributed by atoms with E-state index in [2.05, 4.69) is 5.32 Å². The lowest BCUT2D eigenvalue weighted by Crippen LogP contribution is -2.52. The molecule has 3 N–H and O–H groups in total. The first kappa shape index (κ1) is 14.7. The summed E-state index contributed by atoms with van der Waals surface area (Å²) in [5.41, 5.74) is 5.61. The molecule has 2 fully saturated rings. The molecule has 0 unspecified atom stereocenters. The topological polar surface area (TPSA) is 64.3 Å². The standard InChI is InChI=1S/C12H22N2O2.ClH/c13-9-12(5-1-2-6-12)14-11(15)8-16-7-10-3-4-10;/h10H,1-9,13H2,(H,14,15);1H. The molecular weight excluding hydrogens is 240 g/mol. The van der Waals surface area contributed by atoms with Gasteiger partial charge in [0.1, 0.15) is 6.61 Å². The molecule has 5 heteroatoms. The third kappa shape index (κ3) is 4.45. The van der Waals surface area contributed by atoms with E-state index in [1.807, 2.05) is 0 Å². The lowest BCUT2D eigenvalue weighted by atomic mass is 9.98. The largest absolute Gasteiger partial charge is 0.371 e. The summed E-state index contributed by atoms with van der Waals surface area (Å²) < 4.78 is 5.37. The normalized spacial score (nSPS) is 21.9. The molecule has 2 aliphatic rings. The monoisotopic (exact) mass is 262 g/mol. The molecule has 4 nitrogen and oxygen atoms in total. The molecule has 0 saturated heterocycles. The van der Waals surface area contributed by atoms with Crippen molar-refractivity contribution in [2.75, 3.05) is 19.8 Å². The van der Waals surface area contributed by atoms with Crippen LogP contribution in [-0.2, 0) is 9.53 Å². The Morgan fingerprint density at radius 3 is 2.53 bits per heavy atom. The van der Waals surface area contributed by atoms with Crippen LogP contribution >= 0.6 is 12.4 Å². The minimum absolute atomic E-state index is 0. The van der Waals surface area contributed by atoms with Gasteiger partial charge in [0.2, 0.25) is 5.91 Å². The van der Waals surface area contributed by atoms with Gasteiger partial charge in [-0.15, -0.1) is 12.4 Å². The summed E-state index contributed by atoms with van der Waals surface area (Å²) in [5.74, 6) is 0.704. The molecule has 0 aliphatic heterocycles. The molecule has 2 saturated carbocycles. The van der Waals surface area contributed by atoms with E-state index in [9.17, 15) is 4.79 Å². The van der Waals surface area contributed by atoms with Gasteiger partial charge in [0.25, 0.3) is 0 Å². The van der Waals surface area contributed by atoms with E-state index in [-0.39, 0.29) is 30.5 Å². The Morgan fingerprint density at radius 2 is 2.00 bits per heavy atom. The Morgan fingerprint density at radius 1 is 1.35 bits per heavy atom. The van der Waals surface area contributed by atoms with Crippen molar-refractivity contribution >= 4 is 18.3 Å². The average Bonchev–Trinajstić information content (AvgIpc) is 2.98. The second-order valence-corrected chi connectivity index (χ2v) is 5.20. The Balaban J connectivity index is 0.00000144. The van der Waals surface area contributed by atoms with Crippen LogP contribution in [0.2, 0.25) is 0 Å². The number of ether oxygens (including phenoxy) is 1. The molecular formula is C12H23ClN2O2. The van der Waals surface area contributed by atoms with Gasteiger partial charge in [-0.3, -0.25) is 4.79 Å². The van der Waals surface area contributed by atoms with Gasteiger partial charge in [-0.25, -0.2) is 0 Å². The van der Waals surface area contributed by atoms with Crippen molar-refractivity contribution < 1.29 is 9.53 Å². The minimum Gasteiger partial charge on any atom is -0.371 e. The predicted octanol–water partition coefficient (Wildman–Crippen LogP) is 1.22. The third-order valence-corrected chi connectivity index (χ3v) is 3.64. The van der Waals surface area contributed by atoms with Crippen LogP contribution in [0.1, 0.15) is 38.5 Å². The van der Waals surface area contributed by atoms with Crippen LogP contribution in [0.5, 0.6) is 0 Å². The van der Waals surface area contributed by atoms with Crippen LogP contribution in [0.3, 0.4) is 0 Å². The van der Waals surface area contributed by atoms with Gasteiger partial charge in [0.15, 0.2) is 0 Å². The number of hydrogen-bond acceptors (Lipinski definition) is 3. The van der Waals surface area contributed by atoms with Gasteiger partial charge in [0.05, 0.1) is 12.1 Å². The van der Waals surface area contributed by atoms with E-state index in [1.165, 1.54) is 25.7 Å². The minimum atomic E-state index is -0.139. The molecule has 1 amide bonds. The molecule has 0 aromatic heterocycles. The fraction of sp³-hybridized carbons (Fsp3) is 0.917. The van der Waals surface area contributed by atoms with Crippen molar-refractivity contribution in [1.82, 2.24) is 5.32 Å². The summed E-state index contributed by atoms with van der Waals surface area (Å²) in [6.07, 6.45) is 6.87. The number of hydrogen-bond donors (Lipinski definition) is 2. The van der Waals surface area contributed by atoms with Crippen molar-refractivity contribution in [2.45, 2.75) is 44.1 Å². The molecule has 17 heavy (non-hydrogen) atoms. The van der Waals surface area contributed by atoms with Crippen LogP contribution < -0.4 is 11.1 Å². The van der Waals surface area contributed by atoms with Gasteiger partial charge >= 0.3 is 0 Å². The summed E-state index contributed by atoms with van der Waals surface area (Å²) >= 11 is 0. The van der Waals surface area contributed by atoms with Gasteiger partial charge < -0.3 is 15.8 Å². The molecule has 0 aromatic rings. The zero-order chi connectivity index (χ0) is 11.4. The lowest BCUT2D eigenvalue weighted by Gasteiger charge is -2.28. The van der Waals surface area contributed by atoms with Crippen LogP contribution in [0.25, 0.3) is 0 Å². The van der Waals surface area contributed by atoms with Crippen LogP contribution in [0.4, 0.5) is 0 Å². The number of amides is 1.